The van der Waals surface area contributed by atoms with Gasteiger partial charge in [-0.1, -0.05) is 0 Å². The number of ether oxygens (including phenoxy) is 2. The van der Waals surface area contributed by atoms with E-state index < -0.39 is 10.0 Å². The number of aryl methyl sites for hydroxylation is 2. The first-order valence-corrected chi connectivity index (χ1v) is 8.03. The van der Waals surface area contributed by atoms with Crippen LogP contribution in [0.1, 0.15) is 11.4 Å². The molecule has 2 rings (SSSR count). The molecule has 2 aromatic rings. The third-order valence-electron chi connectivity index (χ3n) is 3.36. The average molecular weight is 325 g/mol. The van der Waals surface area contributed by atoms with Gasteiger partial charge in [-0.3, -0.25) is 9.40 Å². The van der Waals surface area contributed by atoms with Crippen LogP contribution in [0.3, 0.4) is 0 Å². The van der Waals surface area contributed by atoms with Crippen molar-refractivity contribution in [3.8, 4) is 11.5 Å². The standard InChI is InChI=1S/C14H19N3O4S/c1-9-14(10(2)17(3)15-9)22(18,19)16-12-7-6-11(20-4)8-13(12)21-5/h6-8,16H,1-5H3. The number of aromatic nitrogens is 2. The highest BCUT2D eigenvalue weighted by Gasteiger charge is 2.25. The molecule has 0 saturated carbocycles. The van der Waals surface area contributed by atoms with Gasteiger partial charge in [-0.15, -0.1) is 0 Å². The summed E-state index contributed by atoms with van der Waals surface area (Å²) < 4.78 is 39.6. The quantitative estimate of drug-likeness (QED) is 0.907. The minimum Gasteiger partial charge on any atom is -0.497 e. The Morgan fingerprint density at radius 3 is 2.36 bits per heavy atom. The lowest BCUT2D eigenvalue weighted by Crippen LogP contribution is -2.15. The molecule has 22 heavy (non-hydrogen) atoms. The van der Waals surface area contributed by atoms with E-state index >= 15 is 0 Å². The fourth-order valence-electron chi connectivity index (χ4n) is 2.22. The maximum atomic E-state index is 12.6. The van der Waals surface area contributed by atoms with E-state index in [2.05, 4.69) is 9.82 Å². The van der Waals surface area contributed by atoms with Gasteiger partial charge in [-0.05, 0) is 26.0 Å². The van der Waals surface area contributed by atoms with Gasteiger partial charge in [-0.2, -0.15) is 5.10 Å². The molecule has 0 atom stereocenters. The van der Waals surface area contributed by atoms with Crippen molar-refractivity contribution >= 4 is 15.7 Å². The second kappa shape index (κ2) is 5.88. The number of methoxy groups -OCH3 is 2. The zero-order valence-electron chi connectivity index (χ0n) is 13.2. The molecule has 1 N–H and O–H groups in total. The third-order valence-corrected chi connectivity index (χ3v) is 4.98. The molecular weight excluding hydrogens is 306 g/mol. The highest BCUT2D eigenvalue weighted by atomic mass is 32.2. The first-order valence-electron chi connectivity index (χ1n) is 6.55. The van der Waals surface area contributed by atoms with E-state index in [1.807, 2.05) is 0 Å². The molecule has 0 aliphatic carbocycles. The summed E-state index contributed by atoms with van der Waals surface area (Å²) in [5.74, 6) is 0.954. The molecule has 0 spiro atoms. The Balaban J connectivity index is 2.45. The fraction of sp³-hybridized carbons (Fsp3) is 0.357. The summed E-state index contributed by atoms with van der Waals surface area (Å²) >= 11 is 0. The van der Waals surface area contributed by atoms with Gasteiger partial charge in [0.15, 0.2) is 0 Å². The molecule has 120 valence electrons. The number of hydrogen-bond acceptors (Lipinski definition) is 5. The summed E-state index contributed by atoms with van der Waals surface area (Å²) in [6.07, 6.45) is 0. The maximum Gasteiger partial charge on any atom is 0.265 e. The van der Waals surface area contributed by atoms with Crippen molar-refractivity contribution in [2.45, 2.75) is 18.7 Å². The molecule has 8 heteroatoms. The Labute approximate surface area is 129 Å². The monoisotopic (exact) mass is 325 g/mol. The van der Waals surface area contributed by atoms with Crippen LogP contribution in [0.5, 0.6) is 11.5 Å². The molecule has 0 unspecified atom stereocenters. The summed E-state index contributed by atoms with van der Waals surface area (Å²) in [4.78, 5) is 0.174. The molecule has 0 radical (unpaired) electrons. The molecule has 0 aliphatic heterocycles. The summed E-state index contributed by atoms with van der Waals surface area (Å²) in [5, 5.41) is 4.13. The second-order valence-corrected chi connectivity index (χ2v) is 6.41. The minimum atomic E-state index is -3.76. The molecule has 0 amide bonds. The van der Waals surface area contributed by atoms with Crippen molar-refractivity contribution in [1.82, 2.24) is 9.78 Å². The van der Waals surface area contributed by atoms with Gasteiger partial charge in [0.2, 0.25) is 0 Å². The van der Waals surface area contributed by atoms with E-state index in [9.17, 15) is 8.42 Å². The fourth-order valence-corrected chi connectivity index (χ4v) is 3.73. The third kappa shape index (κ3) is 2.87. The number of nitrogens with one attached hydrogen (secondary N) is 1. The lowest BCUT2D eigenvalue weighted by atomic mass is 10.3. The van der Waals surface area contributed by atoms with Gasteiger partial charge in [0, 0.05) is 13.1 Å². The number of anilines is 1. The summed E-state index contributed by atoms with van der Waals surface area (Å²) in [7, 11) is 0.938. The Bertz CT molecular complexity index is 797. The SMILES string of the molecule is COc1ccc(NS(=O)(=O)c2c(C)nn(C)c2C)c(OC)c1. The van der Waals surface area contributed by atoms with Gasteiger partial charge in [0.1, 0.15) is 16.4 Å². The number of nitrogens with zero attached hydrogens (tertiary/aromatic N) is 2. The van der Waals surface area contributed by atoms with E-state index in [0.29, 0.717) is 28.6 Å². The topological polar surface area (TPSA) is 82.5 Å². The van der Waals surface area contributed by atoms with E-state index in [-0.39, 0.29) is 4.90 Å². The smallest absolute Gasteiger partial charge is 0.265 e. The molecule has 0 fully saturated rings. The molecule has 0 bridgehead atoms. The van der Waals surface area contributed by atoms with E-state index in [1.165, 1.54) is 18.9 Å². The van der Waals surface area contributed by atoms with Crippen LogP contribution >= 0.6 is 0 Å². The average Bonchev–Trinajstić information content (AvgIpc) is 2.72. The van der Waals surface area contributed by atoms with Crippen LogP contribution in [-0.2, 0) is 17.1 Å². The van der Waals surface area contributed by atoms with Crippen molar-refractivity contribution in [2.24, 2.45) is 7.05 Å². The van der Waals surface area contributed by atoms with E-state index in [0.717, 1.165) is 0 Å². The predicted octanol–water partition coefficient (Wildman–Crippen LogP) is 1.85. The van der Waals surface area contributed by atoms with Crippen LogP contribution in [0.4, 0.5) is 5.69 Å². The predicted molar refractivity (Wildman–Crippen MR) is 83.0 cm³/mol. The van der Waals surface area contributed by atoms with Crippen molar-refractivity contribution in [1.29, 1.82) is 0 Å². The lowest BCUT2D eigenvalue weighted by molar-refractivity contribution is 0.395. The van der Waals surface area contributed by atoms with Crippen molar-refractivity contribution in [2.75, 3.05) is 18.9 Å². The number of hydrogen-bond donors (Lipinski definition) is 1. The number of sulfonamides is 1. The van der Waals surface area contributed by atoms with Crippen molar-refractivity contribution in [3.63, 3.8) is 0 Å². The van der Waals surface area contributed by atoms with Crippen LogP contribution in [-0.4, -0.2) is 32.4 Å². The van der Waals surface area contributed by atoms with E-state index in [4.69, 9.17) is 9.47 Å². The van der Waals surface area contributed by atoms with Crippen molar-refractivity contribution in [3.05, 3.63) is 29.6 Å². The Morgan fingerprint density at radius 2 is 1.86 bits per heavy atom. The van der Waals surface area contributed by atoms with Gasteiger partial charge in [0.25, 0.3) is 10.0 Å². The number of rotatable bonds is 5. The number of benzene rings is 1. The van der Waals surface area contributed by atoms with Crippen molar-refractivity contribution < 1.29 is 17.9 Å². The maximum absolute atomic E-state index is 12.6. The first-order chi connectivity index (χ1) is 10.3. The molecule has 1 heterocycles. The van der Waals surface area contributed by atoms with Crippen LogP contribution in [0.25, 0.3) is 0 Å². The summed E-state index contributed by atoms with van der Waals surface area (Å²) in [5.41, 5.74) is 1.35. The molecule has 1 aromatic carbocycles. The molecule has 0 aliphatic rings. The molecule has 7 nitrogen and oxygen atoms in total. The van der Waals surface area contributed by atoms with Crippen LogP contribution in [0.2, 0.25) is 0 Å². The molecule has 0 saturated heterocycles. The molecule has 1 aromatic heterocycles. The van der Waals surface area contributed by atoms with Crippen LogP contribution in [0.15, 0.2) is 23.1 Å². The first kappa shape index (κ1) is 16.2. The normalized spacial score (nSPS) is 11.3. The lowest BCUT2D eigenvalue weighted by Gasteiger charge is -2.13. The van der Waals surface area contributed by atoms with Gasteiger partial charge < -0.3 is 9.47 Å². The Kier molecular flexibility index (Phi) is 4.32. The Morgan fingerprint density at radius 1 is 1.18 bits per heavy atom. The second-order valence-electron chi connectivity index (χ2n) is 4.80. The van der Waals surface area contributed by atoms with Gasteiger partial charge in [-0.25, -0.2) is 8.42 Å². The van der Waals surface area contributed by atoms with Gasteiger partial charge in [0.05, 0.1) is 31.3 Å². The van der Waals surface area contributed by atoms with E-state index in [1.54, 1.807) is 39.1 Å². The Hall–Kier alpha value is -2.22. The summed E-state index contributed by atoms with van der Waals surface area (Å²) in [6.45, 7) is 3.37. The highest BCUT2D eigenvalue weighted by molar-refractivity contribution is 7.92. The van der Waals surface area contributed by atoms with Crippen LogP contribution in [0, 0.1) is 13.8 Å². The largest absolute Gasteiger partial charge is 0.497 e. The minimum absolute atomic E-state index is 0.174. The molecular formula is C14H19N3O4S. The highest BCUT2D eigenvalue weighted by Crippen LogP contribution is 2.31. The summed E-state index contributed by atoms with van der Waals surface area (Å²) in [6, 6.07) is 4.86. The van der Waals surface area contributed by atoms with Crippen LogP contribution < -0.4 is 14.2 Å². The zero-order chi connectivity index (χ0) is 16.5. The zero-order valence-corrected chi connectivity index (χ0v) is 14.0. The van der Waals surface area contributed by atoms with Gasteiger partial charge >= 0.3 is 0 Å².